The zero-order chi connectivity index (χ0) is 27.5. The first-order valence-corrected chi connectivity index (χ1v) is 11.4. The molecule has 1 saturated heterocycles. The van der Waals surface area contributed by atoms with E-state index in [4.69, 9.17) is 4.74 Å². The number of nitrogens with one attached hydrogen (secondary N) is 1. The minimum atomic E-state index is -4.79. The van der Waals surface area contributed by atoms with Crippen molar-refractivity contribution in [2.24, 2.45) is 5.92 Å². The van der Waals surface area contributed by atoms with Crippen molar-refractivity contribution >= 4 is 28.9 Å². The maximum absolute atomic E-state index is 14.8. The Morgan fingerprint density at radius 2 is 1.79 bits per heavy atom. The van der Waals surface area contributed by atoms with Crippen molar-refractivity contribution in [1.29, 1.82) is 0 Å². The Hall–Kier alpha value is -4.10. The molecule has 0 bridgehead atoms. The molecule has 1 aromatic carbocycles. The topological polar surface area (TPSA) is 93.5 Å². The van der Waals surface area contributed by atoms with Crippen LogP contribution in [0.1, 0.15) is 30.1 Å². The molecule has 2 aliphatic rings. The zero-order valence-electron chi connectivity index (χ0n) is 19.5. The van der Waals surface area contributed by atoms with Gasteiger partial charge in [0.05, 0.1) is 11.9 Å². The van der Waals surface area contributed by atoms with Gasteiger partial charge in [0.2, 0.25) is 5.43 Å². The summed E-state index contributed by atoms with van der Waals surface area (Å²) in [5, 5.41) is 1.42. The van der Waals surface area contributed by atoms with Gasteiger partial charge in [0.1, 0.15) is 35.0 Å². The first-order valence-electron chi connectivity index (χ1n) is 11.4. The second-order valence-corrected chi connectivity index (χ2v) is 9.14. The average molecular weight is 540 g/mol. The first kappa shape index (κ1) is 25.5. The fourth-order valence-corrected chi connectivity index (χ4v) is 4.35. The second-order valence-electron chi connectivity index (χ2n) is 9.14. The van der Waals surface area contributed by atoms with Crippen LogP contribution < -0.4 is 15.6 Å². The monoisotopic (exact) mass is 540 g/mol. The van der Waals surface area contributed by atoms with Crippen LogP contribution in [0.15, 0.2) is 35.3 Å². The van der Waals surface area contributed by atoms with Gasteiger partial charge in [-0.1, -0.05) is 0 Å². The smallest absolute Gasteiger partial charge is 0.415 e. The number of aromatic nitrogens is 2. The van der Waals surface area contributed by atoms with Crippen LogP contribution in [0.25, 0.3) is 16.7 Å². The van der Waals surface area contributed by atoms with E-state index in [2.05, 4.69) is 4.98 Å². The van der Waals surface area contributed by atoms with Crippen molar-refractivity contribution < 1.29 is 40.7 Å². The largest absolute Gasteiger partial charge is 0.444 e. The van der Waals surface area contributed by atoms with Crippen molar-refractivity contribution in [2.45, 2.75) is 38.1 Å². The van der Waals surface area contributed by atoms with Crippen molar-refractivity contribution in [2.75, 3.05) is 11.4 Å². The molecule has 1 aliphatic heterocycles. The molecule has 38 heavy (non-hydrogen) atoms. The Balaban J connectivity index is 1.70. The SMILES string of the molecule is C[C@@H]1CN(c2ccc3c(=O)c(C(=O)N[C@@H](C4CC4)C(F)(F)F)cn(-c4c(F)cc(F)cc4F)c3n2)C(=O)O1. The Morgan fingerprint density at radius 3 is 2.34 bits per heavy atom. The lowest BCUT2D eigenvalue weighted by Gasteiger charge is -2.22. The fourth-order valence-electron chi connectivity index (χ4n) is 4.35. The molecule has 3 aromatic rings. The molecular weight excluding hydrogens is 522 g/mol. The summed E-state index contributed by atoms with van der Waals surface area (Å²) in [5.41, 5.74) is -3.29. The molecular formula is C24H18F6N4O4. The molecule has 2 aromatic heterocycles. The Morgan fingerprint density at radius 1 is 1.13 bits per heavy atom. The van der Waals surface area contributed by atoms with E-state index in [-0.39, 0.29) is 30.6 Å². The number of pyridine rings is 2. The minimum Gasteiger partial charge on any atom is -0.444 e. The predicted molar refractivity (Wildman–Crippen MR) is 121 cm³/mol. The molecule has 1 aliphatic carbocycles. The molecule has 2 amide bonds. The molecule has 14 heteroatoms. The molecule has 8 nitrogen and oxygen atoms in total. The van der Waals surface area contributed by atoms with E-state index in [9.17, 15) is 40.7 Å². The van der Waals surface area contributed by atoms with Crippen LogP contribution in [-0.4, -0.2) is 46.4 Å². The van der Waals surface area contributed by atoms with E-state index in [1.807, 2.05) is 5.32 Å². The van der Waals surface area contributed by atoms with E-state index in [1.54, 1.807) is 6.92 Å². The average Bonchev–Trinajstić information content (AvgIpc) is 3.59. The molecule has 1 saturated carbocycles. The maximum Gasteiger partial charge on any atom is 0.415 e. The van der Waals surface area contributed by atoms with Gasteiger partial charge >= 0.3 is 12.3 Å². The lowest BCUT2D eigenvalue weighted by atomic mass is 10.1. The molecule has 0 spiro atoms. The third-order valence-corrected chi connectivity index (χ3v) is 6.27. The maximum atomic E-state index is 14.8. The summed E-state index contributed by atoms with van der Waals surface area (Å²) in [6.07, 6.45) is -4.98. The lowest BCUT2D eigenvalue weighted by molar-refractivity contribution is -0.158. The molecule has 5 rings (SSSR count). The van der Waals surface area contributed by atoms with Crippen molar-refractivity contribution in [3.8, 4) is 5.69 Å². The van der Waals surface area contributed by atoms with Gasteiger partial charge in [-0.15, -0.1) is 0 Å². The van der Waals surface area contributed by atoms with Gasteiger partial charge in [-0.25, -0.2) is 22.9 Å². The van der Waals surface area contributed by atoms with Gasteiger partial charge in [-0.05, 0) is 37.8 Å². The number of hydrogen-bond acceptors (Lipinski definition) is 5. The van der Waals surface area contributed by atoms with Gasteiger partial charge in [-0.3, -0.25) is 19.1 Å². The summed E-state index contributed by atoms with van der Waals surface area (Å²) in [4.78, 5) is 43.5. The third kappa shape index (κ3) is 4.54. The first-order chi connectivity index (χ1) is 17.8. The van der Waals surface area contributed by atoms with Crippen LogP contribution in [0, 0.1) is 23.4 Å². The van der Waals surface area contributed by atoms with Crippen LogP contribution >= 0.6 is 0 Å². The van der Waals surface area contributed by atoms with Crippen molar-refractivity contribution in [1.82, 2.24) is 14.9 Å². The second kappa shape index (κ2) is 9.03. The van der Waals surface area contributed by atoms with E-state index >= 15 is 0 Å². The van der Waals surface area contributed by atoms with Crippen molar-refractivity contribution in [3.05, 3.63) is 63.7 Å². The Kier molecular flexibility index (Phi) is 6.07. The minimum absolute atomic E-state index is 0.0639. The number of anilines is 1. The summed E-state index contributed by atoms with van der Waals surface area (Å²) in [6, 6.07) is 0.804. The number of benzene rings is 1. The standard InChI is InChI=1S/C24H18F6N4O4/c1-10-8-33(23(37)38-10)17-5-4-13-19(35)14(22(36)32-20(11-2-3-11)24(28,29)30)9-34(21(13)31-17)18-15(26)6-12(25)7-16(18)27/h4-7,9-11,20H,2-3,8H2,1H3,(H,32,36)/t10-,20+/m1/s1. The van der Waals surface area contributed by atoms with Crippen molar-refractivity contribution in [3.63, 3.8) is 0 Å². The number of ether oxygens (including phenoxy) is 1. The van der Waals surface area contributed by atoms with Gasteiger partial charge in [-0.2, -0.15) is 13.2 Å². The lowest BCUT2D eigenvalue weighted by Crippen LogP contribution is -2.48. The fraction of sp³-hybridized carbons (Fsp3) is 0.333. The molecule has 0 radical (unpaired) electrons. The number of carbonyl (C=O) groups is 2. The number of amides is 2. The summed E-state index contributed by atoms with van der Waals surface area (Å²) >= 11 is 0. The van der Waals surface area contributed by atoms with Gasteiger partial charge in [0, 0.05) is 18.3 Å². The zero-order valence-corrected chi connectivity index (χ0v) is 19.5. The summed E-state index contributed by atoms with van der Waals surface area (Å²) in [7, 11) is 0. The molecule has 2 fully saturated rings. The number of nitrogens with zero attached hydrogens (tertiary/aromatic N) is 3. The number of carbonyl (C=O) groups excluding carboxylic acids is 2. The van der Waals surface area contributed by atoms with Crippen LogP contribution in [0.5, 0.6) is 0 Å². The quantitative estimate of drug-likeness (QED) is 0.490. The van der Waals surface area contributed by atoms with Gasteiger partial charge in [0.15, 0.2) is 17.3 Å². The number of alkyl halides is 3. The van der Waals surface area contributed by atoms with Crippen LogP contribution in [0.4, 0.5) is 37.0 Å². The summed E-state index contributed by atoms with van der Waals surface area (Å²) in [5.74, 6) is -6.47. The highest BCUT2D eigenvalue weighted by atomic mass is 19.4. The van der Waals surface area contributed by atoms with E-state index in [0.717, 1.165) is 11.0 Å². The number of halogens is 6. The Bertz CT molecular complexity index is 1510. The molecule has 200 valence electrons. The normalized spacial score (nSPS) is 18.6. The highest BCUT2D eigenvalue weighted by molar-refractivity contribution is 5.98. The molecule has 3 heterocycles. The van der Waals surface area contributed by atoms with E-state index in [1.165, 1.54) is 6.07 Å². The van der Waals surface area contributed by atoms with Crippen LogP contribution in [0.3, 0.4) is 0 Å². The predicted octanol–water partition coefficient (Wildman–Crippen LogP) is 4.22. The molecule has 1 N–H and O–H groups in total. The van der Waals surface area contributed by atoms with Crippen LogP contribution in [-0.2, 0) is 4.74 Å². The number of fused-ring (bicyclic) bond motifs is 1. The number of hydrogen-bond donors (Lipinski definition) is 1. The summed E-state index contributed by atoms with van der Waals surface area (Å²) < 4.78 is 89.4. The van der Waals surface area contributed by atoms with Gasteiger partial charge in [0.25, 0.3) is 5.91 Å². The van der Waals surface area contributed by atoms with E-state index < -0.39 is 76.0 Å². The molecule has 0 unspecified atom stereocenters. The number of rotatable bonds is 5. The highest BCUT2D eigenvalue weighted by Crippen LogP contribution is 2.40. The highest BCUT2D eigenvalue weighted by Gasteiger charge is 2.50. The van der Waals surface area contributed by atoms with Crippen LogP contribution in [0.2, 0.25) is 0 Å². The van der Waals surface area contributed by atoms with Gasteiger partial charge < -0.3 is 10.1 Å². The van der Waals surface area contributed by atoms with E-state index in [0.29, 0.717) is 22.9 Å². The third-order valence-electron chi connectivity index (χ3n) is 6.27. The summed E-state index contributed by atoms with van der Waals surface area (Å²) in [6.45, 7) is 1.68. The Labute approximate surface area is 209 Å². The number of cyclic esters (lactones) is 1. The molecule has 2 atom stereocenters.